The van der Waals surface area contributed by atoms with Gasteiger partial charge >= 0.3 is 11.9 Å². The van der Waals surface area contributed by atoms with Crippen molar-refractivity contribution in [1.82, 2.24) is 16.0 Å². The number of phenolic OH excluding ortho intramolecular Hbond substituents is 1. The Morgan fingerprint density at radius 3 is 2.35 bits per heavy atom. The maximum Gasteiger partial charge on any atom is 0.329 e. The van der Waals surface area contributed by atoms with E-state index in [0.29, 0.717) is 0 Å². The van der Waals surface area contributed by atoms with E-state index in [9.17, 15) is 34.5 Å². The van der Waals surface area contributed by atoms with Crippen LogP contribution in [0.2, 0.25) is 10.0 Å². The minimum absolute atomic E-state index is 0.0650. The molecule has 0 bridgehead atoms. The number of carbonyl (C=O) groups is 4. The molecule has 0 unspecified atom stereocenters. The molecule has 0 radical (unpaired) electrons. The molecule has 2 aliphatic rings. The van der Waals surface area contributed by atoms with Gasteiger partial charge in [-0.2, -0.15) is 0 Å². The molecule has 5 atom stereocenters. The van der Waals surface area contributed by atoms with Gasteiger partial charge in [0.2, 0.25) is 5.91 Å². The van der Waals surface area contributed by atoms with Gasteiger partial charge in [-0.1, -0.05) is 23.2 Å². The van der Waals surface area contributed by atoms with Gasteiger partial charge in [0.05, 0.1) is 10.0 Å². The van der Waals surface area contributed by atoms with Gasteiger partial charge in [-0.05, 0) is 31.4 Å². The Hall–Kier alpha value is -2.60. The summed E-state index contributed by atoms with van der Waals surface area (Å²) in [7, 11) is 0. The molecule has 0 aliphatic carbocycles. The van der Waals surface area contributed by atoms with Crippen molar-refractivity contribution in [2.24, 2.45) is 0 Å². The van der Waals surface area contributed by atoms with Crippen LogP contribution in [0.3, 0.4) is 0 Å². The van der Waals surface area contributed by atoms with E-state index in [-0.39, 0.29) is 34.9 Å². The summed E-state index contributed by atoms with van der Waals surface area (Å²) >= 11 is 11.6. The highest BCUT2D eigenvalue weighted by molar-refractivity contribution is 6.37. The smallest absolute Gasteiger partial charge is 0.329 e. The number of carbonyl (C=O) groups excluding carboxylic acids is 2. The van der Waals surface area contributed by atoms with Crippen LogP contribution >= 0.6 is 23.2 Å². The topological polar surface area (TPSA) is 185 Å². The van der Waals surface area contributed by atoms with Gasteiger partial charge in [-0.25, -0.2) is 9.59 Å². The number of hydrogen-bond acceptors (Lipinski definition) is 7. The molecule has 2 heterocycles. The van der Waals surface area contributed by atoms with Crippen molar-refractivity contribution in [3.63, 3.8) is 0 Å². The largest absolute Gasteiger partial charge is 0.505 e. The van der Waals surface area contributed by atoms with Crippen molar-refractivity contribution < 1.29 is 39.6 Å². The standard InChI is InChI=1S/C18H19Cl2N3O8/c19-8-3-6(4-9(20)12(8)24)14(26)21-10(15(27)28)5-7-1-2-18(23-7)13(25)11(16(29)30)22-17(18)31/h3-4,7,10-11,13,23-25H,1-2,5H2,(H,21,26)(H,22,31)(H,27,28)(H,29,30)/t7-,10+,11-,13+,18-/m1/s1. The Morgan fingerprint density at radius 2 is 1.84 bits per heavy atom. The third-order valence-corrected chi connectivity index (χ3v) is 6.11. The number of phenols is 1. The lowest BCUT2D eigenvalue weighted by Crippen LogP contribution is -2.57. The lowest BCUT2D eigenvalue weighted by molar-refractivity contribution is -0.142. The van der Waals surface area contributed by atoms with Gasteiger partial charge in [0.1, 0.15) is 17.7 Å². The molecular weight excluding hydrogens is 457 g/mol. The van der Waals surface area contributed by atoms with Crippen molar-refractivity contribution in [3.05, 3.63) is 27.7 Å². The summed E-state index contributed by atoms with van der Waals surface area (Å²) in [5, 5.41) is 45.6. The maximum atomic E-state index is 12.5. The number of rotatable bonds is 6. The van der Waals surface area contributed by atoms with E-state index in [1.54, 1.807) is 0 Å². The molecule has 2 saturated heterocycles. The summed E-state index contributed by atoms with van der Waals surface area (Å²) in [6.45, 7) is 0. The highest BCUT2D eigenvalue weighted by Gasteiger charge is 2.60. The Bertz CT molecular complexity index is 935. The second kappa shape index (κ2) is 8.50. The summed E-state index contributed by atoms with van der Waals surface area (Å²) in [6.07, 6.45) is -1.31. The predicted octanol–water partition coefficient (Wildman–Crippen LogP) is -0.293. The van der Waals surface area contributed by atoms with Crippen LogP contribution in [-0.2, 0) is 14.4 Å². The minimum Gasteiger partial charge on any atom is -0.505 e. The zero-order valence-corrected chi connectivity index (χ0v) is 17.3. The Labute approximate surface area is 185 Å². The third-order valence-electron chi connectivity index (χ3n) is 5.53. The number of aliphatic carboxylic acids is 2. The summed E-state index contributed by atoms with van der Waals surface area (Å²) in [5.74, 6) is -4.62. The molecule has 2 aliphatic heterocycles. The molecule has 11 nitrogen and oxygen atoms in total. The molecule has 3 rings (SSSR count). The van der Waals surface area contributed by atoms with Gasteiger partial charge in [0.25, 0.3) is 5.91 Å². The van der Waals surface area contributed by atoms with Gasteiger partial charge in [-0.15, -0.1) is 0 Å². The van der Waals surface area contributed by atoms with E-state index in [1.165, 1.54) is 0 Å². The van der Waals surface area contributed by atoms with E-state index in [0.717, 1.165) is 12.1 Å². The van der Waals surface area contributed by atoms with Crippen LogP contribution in [0.25, 0.3) is 0 Å². The molecule has 2 amide bonds. The first-order chi connectivity index (χ1) is 14.5. The quantitative estimate of drug-likeness (QED) is 0.290. The molecule has 168 valence electrons. The lowest BCUT2D eigenvalue weighted by Gasteiger charge is -2.27. The number of amides is 2. The monoisotopic (exact) mass is 475 g/mol. The predicted molar refractivity (Wildman–Crippen MR) is 106 cm³/mol. The van der Waals surface area contributed by atoms with Crippen LogP contribution in [0.4, 0.5) is 0 Å². The van der Waals surface area contributed by atoms with E-state index >= 15 is 0 Å². The molecule has 2 fully saturated rings. The fourth-order valence-corrected chi connectivity index (χ4v) is 4.40. The van der Waals surface area contributed by atoms with E-state index < -0.39 is 59.3 Å². The van der Waals surface area contributed by atoms with Crippen LogP contribution in [0, 0.1) is 0 Å². The normalized spacial score (nSPS) is 28.4. The van der Waals surface area contributed by atoms with Crippen molar-refractivity contribution in [1.29, 1.82) is 0 Å². The zero-order chi connectivity index (χ0) is 23.1. The van der Waals surface area contributed by atoms with Gasteiger partial charge in [0.15, 0.2) is 11.8 Å². The van der Waals surface area contributed by atoms with Crippen molar-refractivity contribution in [2.75, 3.05) is 0 Å². The number of benzene rings is 1. The Kier molecular flexibility index (Phi) is 6.33. The fourth-order valence-electron chi connectivity index (χ4n) is 3.91. The van der Waals surface area contributed by atoms with Crippen LogP contribution < -0.4 is 16.0 Å². The first-order valence-corrected chi connectivity index (χ1v) is 9.93. The molecule has 31 heavy (non-hydrogen) atoms. The number of carboxylic acids is 2. The molecule has 0 aromatic heterocycles. The molecule has 1 aromatic carbocycles. The second-order valence-electron chi connectivity index (χ2n) is 7.47. The van der Waals surface area contributed by atoms with Crippen molar-refractivity contribution >= 4 is 47.0 Å². The molecule has 1 aromatic rings. The van der Waals surface area contributed by atoms with Gasteiger partial charge in [0, 0.05) is 11.6 Å². The number of nitrogens with one attached hydrogen (secondary N) is 3. The number of aromatic hydroxyl groups is 1. The SMILES string of the molecule is O=C(N[C@@H](C[C@H]1CC[C@]2(N1)C(=O)N[C@@H](C(=O)O)[C@@H]2O)C(=O)O)c1cc(Cl)c(O)c(Cl)c1. The van der Waals surface area contributed by atoms with E-state index in [2.05, 4.69) is 16.0 Å². The van der Waals surface area contributed by atoms with Gasteiger partial charge in [-0.3, -0.25) is 14.9 Å². The number of aliphatic hydroxyl groups is 1. The third kappa shape index (κ3) is 4.26. The summed E-state index contributed by atoms with van der Waals surface area (Å²) < 4.78 is 0. The van der Waals surface area contributed by atoms with E-state index in [1.807, 2.05) is 0 Å². The number of aliphatic hydroxyl groups excluding tert-OH is 1. The fraction of sp³-hybridized carbons (Fsp3) is 0.444. The molecular formula is C18H19Cl2N3O8. The molecule has 13 heteroatoms. The summed E-state index contributed by atoms with van der Waals surface area (Å²) in [6, 6.07) is -1.18. The Balaban J connectivity index is 1.70. The summed E-state index contributed by atoms with van der Waals surface area (Å²) in [4.78, 5) is 47.7. The average molecular weight is 476 g/mol. The van der Waals surface area contributed by atoms with Crippen LogP contribution in [0.15, 0.2) is 12.1 Å². The first kappa shape index (κ1) is 23.1. The number of halogens is 2. The number of hydrogen-bond donors (Lipinski definition) is 7. The molecule has 1 spiro atoms. The van der Waals surface area contributed by atoms with Crippen molar-refractivity contribution in [2.45, 2.75) is 49.0 Å². The van der Waals surface area contributed by atoms with Crippen LogP contribution in [0.5, 0.6) is 5.75 Å². The summed E-state index contributed by atoms with van der Waals surface area (Å²) in [5.41, 5.74) is -1.61. The first-order valence-electron chi connectivity index (χ1n) is 9.17. The Morgan fingerprint density at radius 1 is 1.23 bits per heavy atom. The number of carboxylic acid groups (broad SMARTS) is 2. The highest BCUT2D eigenvalue weighted by atomic mass is 35.5. The second-order valence-corrected chi connectivity index (χ2v) is 8.29. The van der Waals surface area contributed by atoms with Crippen LogP contribution in [0.1, 0.15) is 29.6 Å². The van der Waals surface area contributed by atoms with E-state index in [4.69, 9.17) is 28.3 Å². The molecule has 7 N–H and O–H groups in total. The average Bonchev–Trinajstić information content (AvgIpc) is 3.22. The highest BCUT2D eigenvalue weighted by Crippen LogP contribution is 2.35. The van der Waals surface area contributed by atoms with Crippen LogP contribution in [-0.4, -0.2) is 73.9 Å². The maximum absolute atomic E-state index is 12.5. The van der Waals surface area contributed by atoms with Crippen molar-refractivity contribution in [3.8, 4) is 5.75 Å². The minimum atomic E-state index is -1.54. The lowest BCUT2D eigenvalue weighted by atomic mass is 9.90. The zero-order valence-electron chi connectivity index (χ0n) is 15.8. The molecule has 0 saturated carbocycles. The van der Waals surface area contributed by atoms with Gasteiger partial charge < -0.3 is 31.1 Å².